The molecule has 100 valence electrons. The van der Waals surface area contributed by atoms with Crippen LogP contribution in [0.15, 0.2) is 39.6 Å². The highest BCUT2D eigenvalue weighted by molar-refractivity contribution is 8.04. The maximum Gasteiger partial charge on any atom is 0.264 e. The summed E-state index contributed by atoms with van der Waals surface area (Å²) in [6, 6.07) is 8.12. The lowest BCUT2D eigenvalue weighted by atomic mass is 10.0. The number of carbonyl (C=O) groups is 1. The van der Waals surface area contributed by atoms with Gasteiger partial charge < -0.3 is 9.80 Å². The molecule has 0 bridgehead atoms. The number of para-hydroxylation sites is 1. The van der Waals surface area contributed by atoms with Gasteiger partial charge in [-0.15, -0.1) is 0 Å². The number of likely N-dealkylation sites (N-methyl/N-ethyl adjacent to an activating group) is 1. The largest absolute Gasteiger partial charge is 0.310 e. The van der Waals surface area contributed by atoms with Crippen LogP contribution in [0.25, 0.3) is 0 Å². The maximum absolute atomic E-state index is 12.5. The van der Waals surface area contributed by atoms with Gasteiger partial charge in [0.05, 0.1) is 10.6 Å². The van der Waals surface area contributed by atoms with Crippen LogP contribution >= 0.6 is 11.8 Å². The van der Waals surface area contributed by atoms with Crippen LogP contribution in [0.4, 0.5) is 5.69 Å². The van der Waals surface area contributed by atoms with E-state index in [1.165, 1.54) is 10.5 Å². The molecule has 1 fully saturated rings. The third-order valence-electron chi connectivity index (χ3n) is 3.85. The number of hydrogen-bond donors (Lipinski definition) is 0. The Hall–Kier alpha value is -1.26. The molecule has 3 nitrogen and oxygen atoms in total. The van der Waals surface area contributed by atoms with Crippen molar-refractivity contribution in [3.63, 3.8) is 0 Å². The molecule has 2 heterocycles. The zero-order valence-electron chi connectivity index (χ0n) is 11.3. The van der Waals surface area contributed by atoms with Crippen LogP contribution < -0.4 is 4.90 Å². The number of carbonyl (C=O) groups excluding carboxylic acids is 1. The molecule has 0 atom stereocenters. The maximum atomic E-state index is 12.5. The van der Waals surface area contributed by atoms with Crippen LogP contribution in [0.2, 0.25) is 0 Å². The zero-order valence-corrected chi connectivity index (χ0v) is 12.2. The lowest BCUT2D eigenvalue weighted by Crippen LogP contribution is -2.33. The Balaban J connectivity index is 1.97. The van der Waals surface area contributed by atoms with Crippen LogP contribution in [0, 0.1) is 0 Å². The van der Waals surface area contributed by atoms with Crippen molar-refractivity contribution in [3.8, 4) is 0 Å². The lowest BCUT2D eigenvalue weighted by Gasteiger charge is -2.31. The molecule has 0 saturated carbocycles. The smallest absolute Gasteiger partial charge is 0.264 e. The summed E-state index contributed by atoms with van der Waals surface area (Å²) in [5.41, 5.74) is 2.35. The van der Waals surface area contributed by atoms with Crippen molar-refractivity contribution in [2.45, 2.75) is 17.7 Å². The fourth-order valence-electron chi connectivity index (χ4n) is 2.57. The van der Waals surface area contributed by atoms with Gasteiger partial charge in [-0.3, -0.25) is 4.79 Å². The predicted octanol–water partition coefficient (Wildman–Crippen LogP) is 2.73. The Morgan fingerprint density at radius 1 is 1.11 bits per heavy atom. The number of anilines is 1. The molecule has 1 saturated heterocycles. The monoisotopic (exact) mass is 274 g/mol. The molecule has 4 heteroatoms. The highest BCUT2D eigenvalue weighted by Crippen LogP contribution is 2.43. The molecule has 3 rings (SSSR count). The number of piperidine rings is 1. The van der Waals surface area contributed by atoms with Crippen molar-refractivity contribution in [1.82, 2.24) is 4.90 Å². The molecular weight excluding hydrogens is 256 g/mol. The molecule has 0 aromatic heterocycles. The summed E-state index contributed by atoms with van der Waals surface area (Å²) in [6.45, 7) is 2.11. The second-order valence-electron chi connectivity index (χ2n) is 5.17. The minimum Gasteiger partial charge on any atom is -0.310 e. The van der Waals surface area contributed by atoms with E-state index in [2.05, 4.69) is 18.0 Å². The summed E-state index contributed by atoms with van der Waals surface area (Å²) in [5.74, 6) is 0.156. The Morgan fingerprint density at radius 3 is 2.53 bits per heavy atom. The van der Waals surface area contributed by atoms with E-state index < -0.39 is 0 Å². The van der Waals surface area contributed by atoms with Gasteiger partial charge in [0.1, 0.15) is 0 Å². The van der Waals surface area contributed by atoms with Crippen molar-refractivity contribution >= 4 is 23.4 Å². The summed E-state index contributed by atoms with van der Waals surface area (Å²) in [5, 5.41) is 0. The van der Waals surface area contributed by atoms with E-state index >= 15 is 0 Å². The highest BCUT2D eigenvalue weighted by Gasteiger charge is 2.29. The summed E-state index contributed by atoms with van der Waals surface area (Å²) >= 11 is 1.65. The number of amides is 1. The summed E-state index contributed by atoms with van der Waals surface area (Å²) in [6.07, 6.45) is 2.03. The van der Waals surface area contributed by atoms with Crippen molar-refractivity contribution in [3.05, 3.63) is 34.7 Å². The van der Waals surface area contributed by atoms with Crippen molar-refractivity contribution < 1.29 is 4.79 Å². The quantitative estimate of drug-likeness (QED) is 0.680. The van der Waals surface area contributed by atoms with Gasteiger partial charge in [0.15, 0.2) is 0 Å². The minimum absolute atomic E-state index is 0.156. The van der Waals surface area contributed by atoms with Gasteiger partial charge in [-0.05, 0) is 37.6 Å². The first-order valence-electron chi connectivity index (χ1n) is 6.62. The normalized spacial score (nSPS) is 20.7. The van der Waals surface area contributed by atoms with Crippen LogP contribution in [0.3, 0.4) is 0 Å². The van der Waals surface area contributed by atoms with E-state index in [9.17, 15) is 4.79 Å². The van der Waals surface area contributed by atoms with Crippen LogP contribution in [0.5, 0.6) is 0 Å². The Bertz CT molecular complexity index is 543. The zero-order chi connectivity index (χ0) is 13.4. The molecule has 0 radical (unpaired) electrons. The molecule has 2 aliphatic heterocycles. The number of benzene rings is 1. The lowest BCUT2D eigenvalue weighted by molar-refractivity contribution is -0.114. The Kier molecular flexibility index (Phi) is 3.37. The van der Waals surface area contributed by atoms with Crippen molar-refractivity contribution in [2.75, 3.05) is 32.1 Å². The predicted molar refractivity (Wildman–Crippen MR) is 79.5 cm³/mol. The SMILES string of the molecule is CN1CCC(=C2Sc3ccccc3N(C)C2=O)CC1. The number of rotatable bonds is 0. The molecule has 0 aliphatic carbocycles. The standard InChI is InChI=1S/C15H18N2OS/c1-16-9-7-11(8-10-16)14-15(18)17(2)12-5-3-4-6-13(12)19-14/h3-6H,7-10H2,1-2H3. The third-order valence-corrected chi connectivity index (χ3v) is 5.08. The van der Waals surface area contributed by atoms with Gasteiger partial charge in [0.25, 0.3) is 5.91 Å². The summed E-state index contributed by atoms with van der Waals surface area (Å²) in [4.78, 5) is 18.7. The van der Waals surface area contributed by atoms with E-state index in [0.29, 0.717) is 0 Å². The number of fused-ring (bicyclic) bond motifs is 1. The van der Waals surface area contributed by atoms with E-state index in [1.54, 1.807) is 16.7 Å². The first-order chi connectivity index (χ1) is 9.16. The Morgan fingerprint density at radius 2 is 1.79 bits per heavy atom. The van der Waals surface area contributed by atoms with Gasteiger partial charge in [-0.1, -0.05) is 23.9 Å². The highest BCUT2D eigenvalue weighted by atomic mass is 32.2. The van der Waals surface area contributed by atoms with Crippen molar-refractivity contribution in [1.29, 1.82) is 0 Å². The first-order valence-corrected chi connectivity index (χ1v) is 7.44. The number of likely N-dealkylation sites (tertiary alicyclic amines) is 1. The summed E-state index contributed by atoms with van der Waals surface area (Å²) in [7, 11) is 4.01. The van der Waals surface area contributed by atoms with Crippen LogP contribution in [-0.4, -0.2) is 38.0 Å². The Labute approximate surface area is 118 Å². The fourth-order valence-corrected chi connectivity index (χ4v) is 3.82. The van der Waals surface area contributed by atoms with E-state index in [0.717, 1.165) is 36.5 Å². The van der Waals surface area contributed by atoms with Gasteiger partial charge in [0, 0.05) is 25.0 Å². The average Bonchev–Trinajstić information content (AvgIpc) is 2.44. The molecule has 0 spiro atoms. The third kappa shape index (κ3) is 2.30. The molecular formula is C15H18N2OS. The van der Waals surface area contributed by atoms with E-state index in [-0.39, 0.29) is 5.91 Å². The topological polar surface area (TPSA) is 23.6 Å². The molecule has 0 unspecified atom stereocenters. The minimum atomic E-state index is 0.156. The molecule has 1 aromatic carbocycles. The second-order valence-corrected chi connectivity index (χ2v) is 6.22. The van der Waals surface area contributed by atoms with Gasteiger partial charge >= 0.3 is 0 Å². The number of nitrogens with zero attached hydrogens (tertiary/aromatic N) is 2. The summed E-state index contributed by atoms with van der Waals surface area (Å²) < 4.78 is 0. The molecule has 0 N–H and O–H groups in total. The van der Waals surface area contributed by atoms with Gasteiger partial charge in [-0.25, -0.2) is 0 Å². The van der Waals surface area contributed by atoms with Gasteiger partial charge in [-0.2, -0.15) is 0 Å². The fraction of sp³-hybridized carbons (Fsp3) is 0.400. The van der Waals surface area contributed by atoms with Crippen LogP contribution in [0.1, 0.15) is 12.8 Å². The molecule has 1 amide bonds. The second kappa shape index (κ2) is 5.02. The van der Waals surface area contributed by atoms with Gasteiger partial charge in [0.2, 0.25) is 0 Å². The first kappa shape index (κ1) is 12.8. The average molecular weight is 274 g/mol. The number of hydrogen-bond acceptors (Lipinski definition) is 3. The van der Waals surface area contributed by atoms with Crippen LogP contribution in [-0.2, 0) is 4.79 Å². The molecule has 19 heavy (non-hydrogen) atoms. The molecule has 1 aromatic rings. The molecule has 2 aliphatic rings. The van der Waals surface area contributed by atoms with E-state index in [4.69, 9.17) is 0 Å². The van der Waals surface area contributed by atoms with Crippen molar-refractivity contribution in [2.24, 2.45) is 0 Å². The van der Waals surface area contributed by atoms with E-state index in [1.807, 2.05) is 25.2 Å². The number of thioether (sulfide) groups is 1.